The van der Waals surface area contributed by atoms with Crippen molar-refractivity contribution in [3.63, 3.8) is 0 Å². The van der Waals surface area contributed by atoms with Gasteiger partial charge in [0.2, 0.25) is 0 Å². The van der Waals surface area contributed by atoms with Crippen molar-refractivity contribution in [1.82, 2.24) is 4.90 Å². The van der Waals surface area contributed by atoms with Crippen molar-refractivity contribution in [3.8, 4) is 0 Å². The average Bonchev–Trinajstić information content (AvgIpc) is 2.86. The van der Waals surface area contributed by atoms with Gasteiger partial charge in [-0.2, -0.15) is 0 Å². The second-order valence-electron chi connectivity index (χ2n) is 5.91. The fraction of sp³-hybridized carbons (Fsp3) is 0.562. The van der Waals surface area contributed by atoms with Gasteiger partial charge < -0.3 is 4.74 Å². The standard InChI is InChI=1S/C16H21NO2/c1-11(2)13-8-9-14-16(18)19-10-15(17(13)14)12-6-4-3-5-7-12/h3-7,11,13-15H,8-10H2,1-2H3/t13-,14-,15+/m0/s1. The third kappa shape index (κ3) is 2.16. The monoisotopic (exact) mass is 259 g/mol. The molecule has 0 unspecified atom stereocenters. The third-order valence-electron chi connectivity index (χ3n) is 4.45. The summed E-state index contributed by atoms with van der Waals surface area (Å²) in [5.41, 5.74) is 1.26. The Morgan fingerprint density at radius 2 is 1.89 bits per heavy atom. The van der Waals surface area contributed by atoms with Crippen LogP contribution in [0, 0.1) is 5.92 Å². The molecule has 3 nitrogen and oxygen atoms in total. The lowest BCUT2D eigenvalue weighted by Crippen LogP contribution is -2.51. The van der Waals surface area contributed by atoms with Crippen molar-refractivity contribution in [2.75, 3.05) is 6.61 Å². The smallest absolute Gasteiger partial charge is 0.323 e. The zero-order valence-corrected chi connectivity index (χ0v) is 11.6. The highest BCUT2D eigenvalue weighted by Crippen LogP contribution is 2.40. The zero-order chi connectivity index (χ0) is 13.4. The van der Waals surface area contributed by atoms with Gasteiger partial charge in [-0.1, -0.05) is 44.2 Å². The Labute approximate surface area is 114 Å². The van der Waals surface area contributed by atoms with Crippen LogP contribution in [-0.2, 0) is 9.53 Å². The molecule has 0 spiro atoms. The molecular weight excluding hydrogens is 238 g/mol. The van der Waals surface area contributed by atoms with E-state index in [0.717, 1.165) is 12.8 Å². The minimum atomic E-state index is -0.0358. The third-order valence-corrected chi connectivity index (χ3v) is 4.45. The number of fused-ring (bicyclic) bond motifs is 1. The number of hydrogen-bond donors (Lipinski definition) is 0. The summed E-state index contributed by atoms with van der Waals surface area (Å²) in [5, 5.41) is 0. The van der Waals surface area contributed by atoms with Crippen molar-refractivity contribution >= 4 is 5.97 Å². The van der Waals surface area contributed by atoms with Gasteiger partial charge in [0, 0.05) is 6.04 Å². The molecule has 0 saturated carbocycles. The number of cyclic esters (lactones) is 1. The SMILES string of the molecule is CC(C)[C@@H]1CC[C@H]2C(=O)OC[C@H](c3ccccc3)N21. The Morgan fingerprint density at radius 3 is 2.58 bits per heavy atom. The topological polar surface area (TPSA) is 29.5 Å². The van der Waals surface area contributed by atoms with Crippen molar-refractivity contribution in [1.29, 1.82) is 0 Å². The maximum Gasteiger partial charge on any atom is 0.323 e. The van der Waals surface area contributed by atoms with Gasteiger partial charge >= 0.3 is 5.97 Å². The van der Waals surface area contributed by atoms with Crippen LogP contribution in [0.15, 0.2) is 30.3 Å². The highest BCUT2D eigenvalue weighted by atomic mass is 16.5. The fourth-order valence-electron chi connectivity index (χ4n) is 3.51. The van der Waals surface area contributed by atoms with E-state index < -0.39 is 0 Å². The van der Waals surface area contributed by atoms with E-state index in [2.05, 4.69) is 43.0 Å². The van der Waals surface area contributed by atoms with Crippen LogP contribution in [0.1, 0.15) is 38.3 Å². The fourth-order valence-corrected chi connectivity index (χ4v) is 3.51. The minimum Gasteiger partial charge on any atom is -0.462 e. The molecule has 0 aliphatic carbocycles. The molecule has 2 aliphatic rings. The summed E-state index contributed by atoms with van der Waals surface area (Å²) in [6.45, 7) is 4.98. The van der Waals surface area contributed by atoms with Crippen molar-refractivity contribution in [3.05, 3.63) is 35.9 Å². The molecule has 1 aromatic rings. The first-order valence-corrected chi connectivity index (χ1v) is 7.17. The van der Waals surface area contributed by atoms with E-state index in [1.165, 1.54) is 5.56 Å². The first-order valence-electron chi connectivity index (χ1n) is 7.17. The summed E-state index contributed by atoms with van der Waals surface area (Å²) in [6.07, 6.45) is 2.03. The van der Waals surface area contributed by atoms with Crippen molar-refractivity contribution in [2.24, 2.45) is 5.92 Å². The molecule has 1 aromatic carbocycles. The highest BCUT2D eigenvalue weighted by Gasteiger charge is 2.47. The Balaban J connectivity index is 1.93. The van der Waals surface area contributed by atoms with E-state index in [1.54, 1.807) is 0 Å². The van der Waals surface area contributed by atoms with Gasteiger partial charge in [-0.05, 0) is 24.3 Å². The van der Waals surface area contributed by atoms with Crippen LogP contribution in [0.25, 0.3) is 0 Å². The molecule has 3 rings (SSSR count). The van der Waals surface area contributed by atoms with Gasteiger partial charge in [-0.25, -0.2) is 0 Å². The number of morpholine rings is 1. The Bertz CT molecular complexity index is 457. The summed E-state index contributed by atoms with van der Waals surface area (Å²) >= 11 is 0. The number of esters is 1. The first kappa shape index (κ1) is 12.7. The van der Waals surface area contributed by atoms with E-state index in [0.29, 0.717) is 18.6 Å². The largest absolute Gasteiger partial charge is 0.462 e. The van der Waals surface area contributed by atoms with Crippen LogP contribution < -0.4 is 0 Å². The molecule has 0 radical (unpaired) electrons. The maximum atomic E-state index is 12.0. The molecule has 3 heteroatoms. The molecule has 2 heterocycles. The molecule has 0 aromatic heterocycles. The Kier molecular flexibility index (Phi) is 3.31. The van der Waals surface area contributed by atoms with Crippen molar-refractivity contribution < 1.29 is 9.53 Å². The summed E-state index contributed by atoms with van der Waals surface area (Å²) in [4.78, 5) is 14.4. The lowest BCUT2D eigenvalue weighted by molar-refractivity contribution is -0.162. The lowest BCUT2D eigenvalue weighted by atomic mass is 9.98. The zero-order valence-electron chi connectivity index (χ0n) is 11.6. The second-order valence-corrected chi connectivity index (χ2v) is 5.91. The highest BCUT2D eigenvalue weighted by molar-refractivity contribution is 5.77. The number of nitrogens with zero attached hydrogens (tertiary/aromatic N) is 1. The molecule has 2 fully saturated rings. The minimum absolute atomic E-state index is 0.0321. The number of rotatable bonds is 2. The molecule has 0 amide bonds. The van der Waals surface area contributed by atoms with Crippen molar-refractivity contribution in [2.45, 2.75) is 44.8 Å². The Morgan fingerprint density at radius 1 is 1.16 bits per heavy atom. The molecule has 102 valence electrons. The summed E-state index contributed by atoms with van der Waals surface area (Å²) in [6, 6.07) is 11.1. The number of benzene rings is 1. The van der Waals surface area contributed by atoms with Crippen LogP contribution in [0.4, 0.5) is 0 Å². The predicted octanol–water partition coefficient (Wildman–Crippen LogP) is 2.77. The van der Waals surface area contributed by atoms with Gasteiger partial charge in [0.1, 0.15) is 12.6 Å². The summed E-state index contributed by atoms with van der Waals surface area (Å²) in [5.74, 6) is 0.539. The molecule has 2 aliphatic heterocycles. The van der Waals surface area contributed by atoms with Gasteiger partial charge in [-0.15, -0.1) is 0 Å². The second kappa shape index (κ2) is 4.97. The van der Waals surface area contributed by atoms with Crippen LogP contribution in [0.5, 0.6) is 0 Å². The van der Waals surface area contributed by atoms with Gasteiger partial charge in [0.15, 0.2) is 0 Å². The molecule has 0 N–H and O–H groups in total. The van der Waals surface area contributed by atoms with E-state index in [9.17, 15) is 4.79 Å². The van der Waals surface area contributed by atoms with Crippen LogP contribution >= 0.6 is 0 Å². The number of carbonyl (C=O) groups excluding carboxylic acids is 1. The van der Waals surface area contributed by atoms with E-state index >= 15 is 0 Å². The Hall–Kier alpha value is -1.35. The van der Waals surface area contributed by atoms with E-state index in [-0.39, 0.29) is 18.1 Å². The quantitative estimate of drug-likeness (QED) is 0.765. The van der Waals surface area contributed by atoms with Gasteiger partial charge in [0.05, 0.1) is 6.04 Å². The maximum absolute atomic E-state index is 12.0. The average molecular weight is 259 g/mol. The molecule has 2 saturated heterocycles. The molecular formula is C16H21NO2. The van der Waals surface area contributed by atoms with Crippen LogP contribution in [0.2, 0.25) is 0 Å². The first-order chi connectivity index (χ1) is 9.18. The number of ether oxygens (including phenoxy) is 1. The summed E-state index contributed by atoms with van der Waals surface area (Å²) in [7, 11) is 0. The number of carbonyl (C=O) groups is 1. The normalized spacial score (nSPS) is 31.3. The van der Waals surface area contributed by atoms with E-state index in [1.807, 2.05) is 6.07 Å². The predicted molar refractivity (Wildman–Crippen MR) is 73.6 cm³/mol. The lowest BCUT2D eigenvalue weighted by Gasteiger charge is -2.41. The van der Waals surface area contributed by atoms with Crippen LogP contribution in [0.3, 0.4) is 0 Å². The molecule has 19 heavy (non-hydrogen) atoms. The number of hydrogen-bond acceptors (Lipinski definition) is 3. The molecule has 3 atom stereocenters. The van der Waals surface area contributed by atoms with Gasteiger partial charge in [-0.3, -0.25) is 9.69 Å². The molecule has 0 bridgehead atoms. The summed E-state index contributed by atoms with van der Waals surface area (Å²) < 4.78 is 5.41. The van der Waals surface area contributed by atoms with Crippen LogP contribution in [-0.4, -0.2) is 29.6 Å². The van der Waals surface area contributed by atoms with E-state index in [4.69, 9.17) is 4.74 Å². The van der Waals surface area contributed by atoms with Gasteiger partial charge in [0.25, 0.3) is 0 Å².